The first-order chi connectivity index (χ1) is 10.2. The molecule has 0 saturated carbocycles. The summed E-state index contributed by atoms with van der Waals surface area (Å²) in [6.45, 7) is 2.39. The third-order valence-corrected chi connectivity index (χ3v) is 5.19. The second-order valence-electron chi connectivity index (χ2n) is 5.69. The van der Waals surface area contributed by atoms with Crippen molar-refractivity contribution in [1.82, 2.24) is 10.1 Å². The highest BCUT2D eigenvalue weighted by Crippen LogP contribution is 2.23. The van der Waals surface area contributed by atoms with Gasteiger partial charge in [0.2, 0.25) is 0 Å². The van der Waals surface area contributed by atoms with E-state index < -0.39 is 0 Å². The van der Waals surface area contributed by atoms with Crippen LogP contribution in [0.15, 0.2) is 22.7 Å². The summed E-state index contributed by atoms with van der Waals surface area (Å²) in [6.07, 6.45) is 6.98. The summed E-state index contributed by atoms with van der Waals surface area (Å²) in [5.41, 5.74) is 1.47. The Morgan fingerprint density at radius 3 is 2.90 bits per heavy atom. The van der Waals surface area contributed by atoms with Crippen LogP contribution in [0.1, 0.15) is 37.8 Å². The Balaban J connectivity index is 1.54. The highest BCUT2D eigenvalue weighted by Gasteiger charge is 2.18. The molecule has 5 heteroatoms. The number of halogens is 2. The first kappa shape index (κ1) is 15.0. The third-order valence-electron chi connectivity index (χ3n) is 4.15. The fourth-order valence-electron chi connectivity index (χ4n) is 2.96. The van der Waals surface area contributed by atoms with Gasteiger partial charge in [-0.3, -0.25) is 4.90 Å². The summed E-state index contributed by atoms with van der Waals surface area (Å²) >= 11 is 3.80. The van der Waals surface area contributed by atoms with Crippen molar-refractivity contribution in [1.29, 1.82) is 0 Å². The Morgan fingerprint density at radius 1 is 1.29 bits per heavy atom. The van der Waals surface area contributed by atoms with Crippen LogP contribution in [0.3, 0.4) is 0 Å². The van der Waals surface area contributed by atoms with E-state index in [1.807, 2.05) is 0 Å². The third kappa shape index (κ3) is 3.64. The molecule has 1 saturated heterocycles. The number of benzene rings is 1. The zero-order valence-corrected chi connectivity index (χ0v) is 13.6. The number of piperidine rings is 1. The Kier molecular flexibility index (Phi) is 4.91. The molecule has 1 unspecified atom stereocenters. The van der Waals surface area contributed by atoms with Gasteiger partial charge in [0.05, 0.1) is 10.6 Å². The largest absolute Gasteiger partial charge is 0.356 e. The van der Waals surface area contributed by atoms with E-state index in [0.29, 0.717) is 10.5 Å². The minimum absolute atomic E-state index is 0.282. The van der Waals surface area contributed by atoms with Crippen LogP contribution >= 0.6 is 15.9 Å². The van der Waals surface area contributed by atoms with Gasteiger partial charge in [0.1, 0.15) is 5.82 Å². The van der Waals surface area contributed by atoms with E-state index >= 15 is 0 Å². The average Bonchev–Trinajstić information content (AvgIpc) is 2.90. The van der Waals surface area contributed by atoms with Gasteiger partial charge < -0.3 is 4.52 Å². The molecule has 0 radical (unpaired) electrons. The van der Waals surface area contributed by atoms with Crippen molar-refractivity contribution in [2.24, 2.45) is 0 Å². The summed E-state index contributed by atoms with van der Waals surface area (Å²) in [5.74, 6) is -0.282. The van der Waals surface area contributed by atoms with Crippen LogP contribution in [-0.2, 0) is 6.42 Å². The summed E-state index contributed by atoms with van der Waals surface area (Å²) in [4.78, 5) is 2.97. The van der Waals surface area contributed by atoms with Crippen LogP contribution < -0.4 is 0 Å². The SMILES string of the molecule is Fc1ccc2c(CCCC(Br)N3CCCCC3)noc2c1. The molecule has 2 heterocycles. The van der Waals surface area contributed by atoms with Gasteiger partial charge in [-0.1, -0.05) is 27.5 Å². The fraction of sp³-hybridized carbons (Fsp3) is 0.562. The van der Waals surface area contributed by atoms with Gasteiger partial charge >= 0.3 is 0 Å². The minimum atomic E-state index is -0.282. The maximum atomic E-state index is 13.1. The monoisotopic (exact) mass is 354 g/mol. The zero-order valence-electron chi connectivity index (χ0n) is 12.0. The lowest BCUT2D eigenvalue weighted by molar-refractivity contribution is 0.209. The molecule has 3 rings (SSSR count). The van der Waals surface area contributed by atoms with Gasteiger partial charge in [-0.2, -0.15) is 0 Å². The molecule has 1 atom stereocenters. The second-order valence-corrected chi connectivity index (χ2v) is 6.75. The second kappa shape index (κ2) is 6.88. The van der Waals surface area contributed by atoms with Crippen molar-refractivity contribution in [2.45, 2.75) is 43.5 Å². The van der Waals surface area contributed by atoms with E-state index in [-0.39, 0.29) is 5.82 Å². The van der Waals surface area contributed by atoms with Crippen LogP contribution in [0.4, 0.5) is 4.39 Å². The van der Waals surface area contributed by atoms with Crippen molar-refractivity contribution in [3.05, 3.63) is 29.7 Å². The number of hydrogen-bond acceptors (Lipinski definition) is 3. The van der Waals surface area contributed by atoms with Crippen LogP contribution in [0.25, 0.3) is 11.0 Å². The smallest absolute Gasteiger partial charge is 0.170 e. The summed E-state index contributed by atoms with van der Waals surface area (Å²) in [6, 6.07) is 4.61. The summed E-state index contributed by atoms with van der Waals surface area (Å²) in [7, 11) is 0. The lowest BCUT2D eigenvalue weighted by atomic mass is 10.1. The lowest BCUT2D eigenvalue weighted by Gasteiger charge is -2.31. The molecule has 0 bridgehead atoms. The fourth-order valence-corrected chi connectivity index (χ4v) is 3.70. The molecule has 3 nitrogen and oxygen atoms in total. The Morgan fingerprint density at radius 2 is 2.10 bits per heavy atom. The van der Waals surface area contributed by atoms with Crippen molar-refractivity contribution in [3.63, 3.8) is 0 Å². The predicted octanol–water partition coefficient (Wildman–Crippen LogP) is 4.50. The molecule has 21 heavy (non-hydrogen) atoms. The Bertz CT molecular complexity index is 595. The Hall–Kier alpha value is -0.940. The lowest BCUT2D eigenvalue weighted by Crippen LogP contribution is -2.35. The van der Waals surface area contributed by atoms with Crippen LogP contribution in [0.2, 0.25) is 0 Å². The molecule has 1 aromatic carbocycles. The standard InChI is InChI=1S/C16H20BrFN2O/c17-16(20-9-2-1-3-10-20)6-4-5-14-13-8-7-12(18)11-15(13)21-19-14/h7-8,11,16H,1-6,9-10H2. The van der Waals surface area contributed by atoms with E-state index in [1.165, 1.54) is 44.5 Å². The average molecular weight is 355 g/mol. The number of rotatable bonds is 5. The van der Waals surface area contributed by atoms with E-state index in [9.17, 15) is 4.39 Å². The van der Waals surface area contributed by atoms with E-state index in [2.05, 4.69) is 26.0 Å². The topological polar surface area (TPSA) is 29.3 Å². The Labute approximate surface area is 132 Å². The molecule has 0 N–H and O–H groups in total. The summed E-state index contributed by atoms with van der Waals surface area (Å²) < 4.78 is 18.3. The summed E-state index contributed by atoms with van der Waals surface area (Å²) in [5, 5.41) is 5.01. The highest BCUT2D eigenvalue weighted by molar-refractivity contribution is 9.09. The molecule has 1 aliphatic heterocycles. The molecule has 1 aromatic heterocycles. The first-order valence-corrected chi connectivity index (χ1v) is 8.57. The maximum absolute atomic E-state index is 13.1. The van der Waals surface area contributed by atoms with E-state index in [0.717, 1.165) is 30.3 Å². The number of aromatic nitrogens is 1. The van der Waals surface area contributed by atoms with Gasteiger partial charge in [-0.15, -0.1) is 0 Å². The van der Waals surface area contributed by atoms with Crippen molar-refractivity contribution in [2.75, 3.05) is 13.1 Å². The maximum Gasteiger partial charge on any atom is 0.170 e. The molecule has 114 valence electrons. The molecule has 2 aromatic rings. The van der Waals surface area contributed by atoms with E-state index in [4.69, 9.17) is 4.52 Å². The normalized spacial score (nSPS) is 18.2. The highest BCUT2D eigenvalue weighted by atomic mass is 79.9. The van der Waals surface area contributed by atoms with Gasteiger partial charge in [0, 0.05) is 11.5 Å². The first-order valence-electron chi connectivity index (χ1n) is 7.66. The number of nitrogens with zero attached hydrogens (tertiary/aromatic N) is 2. The van der Waals surface area contributed by atoms with Gasteiger partial charge in [0.25, 0.3) is 0 Å². The zero-order chi connectivity index (χ0) is 14.7. The van der Waals surface area contributed by atoms with E-state index in [1.54, 1.807) is 6.07 Å². The van der Waals surface area contributed by atoms with Crippen molar-refractivity contribution >= 4 is 26.9 Å². The molecule has 1 fully saturated rings. The van der Waals surface area contributed by atoms with Crippen LogP contribution in [-0.4, -0.2) is 28.1 Å². The molecule has 0 amide bonds. The molecule has 0 spiro atoms. The number of fused-ring (bicyclic) bond motifs is 1. The van der Waals surface area contributed by atoms with Gasteiger partial charge in [0.15, 0.2) is 5.58 Å². The van der Waals surface area contributed by atoms with Crippen molar-refractivity contribution in [3.8, 4) is 0 Å². The number of alkyl halides is 1. The molecular formula is C16H20BrFN2O. The van der Waals surface area contributed by atoms with Crippen molar-refractivity contribution < 1.29 is 8.91 Å². The quantitative estimate of drug-likeness (QED) is 0.584. The molecular weight excluding hydrogens is 335 g/mol. The van der Waals surface area contributed by atoms with Crippen LogP contribution in [0, 0.1) is 5.82 Å². The van der Waals surface area contributed by atoms with Crippen LogP contribution in [0.5, 0.6) is 0 Å². The van der Waals surface area contributed by atoms with Gasteiger partial charge in [-0.05, 0) is 57.3 Å². The number of likely N-dealkylation sites (tertiary alicyclic amines) is 1. The minimum Gasteiger partial charge on any atom is -0.356 e. The number of hydrogen-bond donors (Lipinski definition) is 0. The molecule has 1 aliphatic rings. The predicted molar refractivity (Wildman–Crippen MR) is 85.0 cm³/mol. The number of aryl methyl sites for hydroxylation is 1. The van der Waals surface area contributed by atoms with Gasteiger partial charge in [-0.25, -0.2) is 4.39 Å². The molecule has 0 aliphatic carbocycles.